The summed E-state index contributed by atoms with van der Waals surface area (Å²) >= 11 is 0. The normalized spacial score (nSPS) is 12.2. The Morgan fingerprint density at radius 2 is 1.94 bits per heavy atom. The topological polar surface area (TPSA) is 53.1 Å². The minimum absolute atomic E-state index is 0.0934. The van der Waals surface area contributed by atoms with Crippen LogP contribution in [-0.2, 0) is 6.42 Å². The zero-order chi connectivity index (χ0) is 12.1. The Labute approximate surface area is 97.8 Å². The van der Waals surface area contributed by atoms with E-state index in [0.29, 0.717) is 0 Å². The van der Waals surface area contributed by atoms with E-state index >= 15 is 0 Å². The maximum Gasteiger partial charge on any atom is 0.0952 e. The van der Waals surface area contributed by atoms with Crippen LogP contribution in [0.15, 0.2) is 24.3 Å². The van der Waals surface area contributed by atoms with Gasteiger partial charge in [0.1, 0.15) is 0 Å². The van der Waals surface area contributed by atoms with Crippen LogP contribution in [0.2, 0.25) is 0 Å². The van der Waals surface area contributed by atoms with Gasteiger partial charge in [0.05, 0.1) is 5.84 Å². The van der Waals surface area contributed by atoms with E-state index in [1.165, 1.54) is 11.3 Å². The molecule has 0 radical (unpaired) electrons. The van der Waals surface area contributed by atoms with Crippen molar-refractivity contribution in [2.45, 2.75) is 20.3 Å². The predicted molar refractivity (Wildman–Crippen MR) is 70.2 cm³/mol. The van der Waals surface area contributed by atoms with Gasteiger partial charge in [-0.15, -0.1) is 0 Å². The number of nitrogens with two attached hydrogens (primary N) is 1. The molecule has 3 heteroatoms. The van der Waals surface area contributed by atoms with Gasteiger partial charge in [0.15, 0.2) is 0 Å². The number of hydrogen-bond acceptors (Lipinski definition) is 2. The number of nitrogens with zero attached hydrogens (tertiary/aromatic N) is 1. The molecule has 0 saturated carbocycles. The molecule has 0 saturated heterocycles. The van der Waals surface area contributed by atoms with Gasteiger partial charge in [0, 0.05) is 25.2 Å². The molecular weight excluding hydrogens is 198 g/mol. The van der Waals surface area contributed by atoms with Crippen molar-refractivity contribution in [2.24, 2.45) is 11.7 Å². The number of amidine groups is 1. The molecule has 0 aromatic heterocycles. The summed E-state index contributed by atoms with van der Waals surface area (Å²) < 4.78 is 0. The largest absolute Gasteiger partial charge is 0.387 e. The Bertz CT molecular complexity index is 343. The van der Waals surface area contributed by atoms with Crippen LogP contribution in [0.1, 0.15) is 19.4 Å². The third-order valence-corrected chi connectivity index (χ3v) is 2.86. The highest BCUT2D eigenvalue weighted by atomic mass is 15.1. The van der Waals surface area contributed by atoms with E-state index in [2.05, 4.69) is 36.1 Å². The fourth-order valence-electron chi connectivity index (χ4n) is 1.60. The summed E-state index contributed by atoms with van der Waals surface area (Å²) in [6.45, 7) is 4.90. The van der Waals surface area contributed by atoms with Crippen LogP contribution in [0.3, 0.4) is 0 Å². The molecule has 3 N–H and O–H groups in total. The second-order valence-electron chi connectivity index (χ2n) is 4.26. The third kappa shape index (κ3) is 3.26. The van der Waals surface area contributed by atoms with Gasteiger partial charge in [0.2, 0.25) is 0 Å². The average molecular weight is 219 g/mol. The zero-order valence-corrected chi connectivity index (χ0v) is 10.3. The van der Waals surface area contributed by atoms with Crippen molar-refractivity contribution in [1.29, 1.82) is 5.41 Å². The van der Waals surface area contributed by atoms with E-state index in [0.717, 1.165) is 13.0 Å². The molecule has 88 valence electrons. The summed E-state index contributed by atoms with van der Waals surface area (Å²) in [5, 5.41) is 7.37. The van der Waals surface area contributed by atoms with Crippen molar-refractivity contribution in [3.8, 4) is 0 Å². The number of rotatable bonds is 5. The van der Waals surface area contributed by atoms with Gasteiger partial charge in [-0.25, -0.2) is 0 Å². The van der Waals surface area contributed by atoms with Crippen molar-refractivity contribution < 1.29 is 0 Å². The van der Waals surface area contributed by atoms with E-state index in [9.17, 15) is 0 Å². The number of nitrogens with one attached hydrogen (secondary N) is 1. The van der Waals surface area contributed by atoms with Crippen LogP contribution in [-0.4, -0.2) is 19.4 Å². The van der Waals surface area contributed by atoms with Crippen molar-refractivity contribution in [3.63, 3.8) is 0 Å². The standard InChI is InChI=1S/C13H21N3/c1-4-11-5-7-12(8-6-11)16(3)9-10(2)13(14)15/h5-8,10H,4,9H2,1-3H3,(H3,14,15). The van der Waals surface area contributed by atoms with Crippen molar-refractivity contribution >= 4 is 11.5 Å². The minimum Gasteiger partial charge on any atom is -0.387 e. The molecule has 0 heterocycles. The molecule has 1 aromatic carbocycles. The maximum atomic E-state index is 7.37. The van der Waals surface area contributed by atoms with Gasteiger partial charge in [-0.1, -0.05) is 26.0 Å². The lowest BCUT2D eigenvalue weighted by atomic mass is 10.1. The Morgan fingerprint density at radius 3 is 2.38 bits per heavy atom. The van der Waals surface area contributed by atoms with Crippen LogP contribution in [0, 0.1) is 11.3 Å². The first-order valence-electron chi connectivity index (χ1n) is 5.68. The van der Waals surface area contributed by atoms with Gasteiger partial charge < -0.3 is 10.6 Å². The summed E-state index contributed by atoms with van der Waals surface area (Å²) in [5.41, 5.74) is 7.98. The van der Waals surface area contributed by atoms with Crippen molar-refractivity contribution in [2.75, 3.05) is 18.5 Å². The smallest absolute Gasteiger partial charge is 0.0952 e. The number of benzene rings is 1. The zero-order valence-electron chi connectivity index (χ0n) is 10.3. The van der Waals surface area contributed by atoms with E-state index < -0.39 is 0 Å². The molecule has 1 rings (SSSR count). The van der Waals surface area contributed by atoms with Crippen LogP contribution in [0.5, 0.6) is 0 Å². The lowest BCUT2D eigenvalue weighted by Gasteiger charge is -2.23. The van der Waals surface area contributed by atoms with E-state index in [4.69, 9.17) is 11.1 Å². The van der Waals surface area contributed by atoms with Crippen LogP contribution in [0.25, 0.3) is 0 Å². The molecule has 0 aliphatic rings. The Kier molecular flexibility index (Phi) is 4.35. The molecule has 1 unspecified atom stereocenters. The molecule has 0 aliphatic heterocycles. The first kappa shape index (κ1) is 12.6. The summed E-state index contributed by atoms with van der Waals surface area (Å²) in [6.07, 6.45) is 1.06. The number of aryl methyl sites for hydroxylation is 1. The Hall–Kier alpha value is -1.51. The summed E-state index contributed by atoms with van der Waals surface area (Å²) in [7, 11) is 2.03. The third-order valence-electron chi connectivity index (χ3n) is 2.86. The van der Waals surface area contributed by atoms with Crippen LogP contribution in [0.4, 0.5) is 5.69 Å². The first-order chi connectivity index (χ1) is 7.54. The monoisotopic (exact) mass is 219 g/mol. The molecule has 0 fully saturated rings. The van der Waals surface area contributed by atoms with Gasteiger partial charge in [-0.2, -0.15) is 0 Å². The van der Waals surface area contributed by atoms with Gasteiger partial charge in [-0.3, -0.25) is 5.41 Å². The molecule has 0 spiro atoms. The average Bonchev–Trinajstić information content (AvgIpc) is 2.28. The van der Waals surface area contributed by atoms with Crippen LogP contribution >= 0.6 is 0 Å². The van der Waals surface area contributed by atoms with E-state index in [1.54, 1.807) is 0 Å². The Morgan fingerprint density at radius 1 is 1.38 bits per heavy atom. The molecule has 0 amide bonds. The lowest BCUT2D eigenvalue weighted by molar-refractivity contribution is 0.729. The van der Waals surface area contributed by atoms with Gasteiger partial charge >= 0.3 is 0 Å². The molecule has 0 bridgehead atoms. The molecule has 1 atom stereocenters. The van der Waals surface area contributed by atoms with Crippen LogP contribution < -0.4 is 10.6 Å². The molecular formula is C13H21N3. The number of hydrogen-bond donors (Lipinski definition) is 2. The van der Waals surface area contributed by atoms with Gasteiger partial charge in [-0.05, 0) is 24.1 Å². The maximum absolute atomic E-state index is 7.37. The summed E-state index contributed by atoms with van der Waals surface area (Å²) in [4.78, 5) is 2.13. The number of anilines is 1. The van der Waals surface area contributed by atoms with E-state index in [-0.39, 0.29) is 11.8 Å². The molecule has 1 aromatic rings. The molecule has 16 heavy (non-hydrogen) atoms. The first-order valence-corrected chi connectivity index (χ1v) is 5.68. The minimum atomic E-state index is 0.0934. The second-order valence-corrected chi connectivity index (χ2v) is 4.26. The lowest BCUT2D eigenvalue weighted by Crippen LogP contribution is -2.31. The fraction of sp³-hybridized carbons (Fsp3) is 0.462. The summed E-state index contributed by atoms with van der Waals surface area (Å²) in [6, 6.07) is 8.52. The highest BCUT2D eigenvalue weighted by Gasteiger charge is 2.09. The quantitative estimate of drug-likeness (QED) is 0.589. The van der Waals surface area contributed by atoms with Crippen molar-refractivity contribution in [1.82, 2.24) is 0 Å². The predicted octanol–water partition coefficient (Wildman–Crippen LogP) is 2.26. The highest BCUT2D eigenvalue weighted by molar-refractivity contribution is 5.79. The second kappa shape index (κ2) is 5.54. The molecule has 3 nitrogen and oxygen atoms in total. The molecule has 0 aliphatic carbocycles. The summed E-state index contributed by atoms with van der Waals surface area (Å²) in [5.74, 6) is 0.341. The Balaban J connectivity index is 2.65. The SMILES string of the molecule is CCc1ccc(N(C)CC(C)C(=N)N)cc1. The fourth-order valence-corrected chi connectivity index (χ4v) is 1.60. The highest BCUT2D eigenvalue weighted by Crippen LogP contribution is 2.15. The van der Waals surface area contributed by atoms with Crippen molar-refractivity contribution in [3.05, 3.63) is 29.8 Å². The van der Waals surface area contributed by atoms with E-state index in [1.807, 2.05) is 14.0 Å². The van der Waals surface area contributed by atoms with Gasteiger partial charge in [0.25, 0.3) is 0 Å².